The number of benzene rings is 1. The van der Waals surface area contributed by atoms with Crippen molar-refractivity contribution < 1.29 is 13.5 Å². The summed E-state index contributed by atoms with van der Waals surface area (Å²) < 4.78 is 24.5. The number of hydrogen-bond donors (Lipinski definition) is 2. The maximum absolute atomic E-state index is 11.0. The van der Waals surface area contributed by atoms with Gasteiger partial charge in [-0.25, -0.2) is 13.1 Å². The van der Waals surface area contributed by atoms with Crippen LogP contribution in [0, 0.1) is 0 Å². The molecular weight excluding hydrogens is 347 g/mol. The lowest BCUT2D eigenvalue weighted by Gasteiger charge is -2.28. The molecular formula is C14H20Cl2N2O3S. The SMILES string of the molecule is CN(CCCNS(C)(=O)=O)[C@H]1c2cc(Cl)cc(Cl)c2C[C@H]1O. The third kappa shape index (κ3) is 4.34. The Morgan fingerprint density at radius 1 is 1.41 bits per heavy atom. The summed E-state index contributed by atoms with van der Waals surface area (Å²) in [5, 5.41) is 11.5. The second-order valence-corrected chi connectivity index (χ2v) is 8.35. The number of hydrogen-bond acceptors (Lipinski definition) is 4. The minimum atomic E-state index is -3.16. The Hall–Kier alpha value is -0.370. The molecule has 0 amide bonds. The first-order chi connectivity index (χ1) is 10.2. The summed E-state index contributed by atoms with van der Waals surface area (Å²) in [6.07, 6.45) is 1.74. The van der Waals surface area contributed by atoms with Crippen molar-refractivity contribution in [2.24, 2.45) is 0 Å². The van der Waals surface area contributed by atoms with E-state index in [9.17, 15) is 13.5 Å². The van der Waals surface area contributed by atoms with Crippen LogP contribution in [0.3, 0.4) is 0 Å². The van der Waals surface area contributed by atoms with Crippen LogP contribution in [-0.4, -0.2) is 50.9 Å². The van der Waals surface area contributed by atoms with Crippen molar-refractivity contribution in [2.75, 3.05) is 26.4 Å². The number of halogens is 2. The summed E-state index contributed by atoms with van der Waals surface area (Å²) >= 11 is 12.3. The van der Waals surface area contributed by atoms with E-state index in [1.54, 1.807) is 6.07 Å². The zero-order chi connectivity index (χ0) is 16.5. The van der Waals surface area contributed by atoms with Gasteiger partial charge in [-0.1, -0.05) is 23.2 Å². The Balaban J connectivity index is 2.04. The van der Waals surface area contributed by atoms with Crippen LogP contribution in [0.15, 0.2) is 12.1 Å². The van der Waals surface area contributed by atoms with Gasteiger partial charge in [0, 0.05) is 23.0 Å². The van der Waals surface area contributed by atoms with Crippen LogP contribution >= 0.6 is 23.2 Å². The van der Waals surface area contributed by atoms with Gasteiger partial charge < -0.3 is 5.11 Å². The normalized spacial score (nSPS) is 21.4. The van der Waals surface area contributed by atoms with Crippen molar-refractivity contribution in [3.63, 3.8) is 0 Å². The number of sulfonamides is 1. The maximum atomic E-state index is 11.0. The van der Waals surface area contributed by atoms with Gasteiger partial charge in [-0.15, -0.1) is 0 Å². The summed E-state index contributed by atoms with van der Waals surface area (Å²) in [5.41, 5.74) is 1.88. The molecule has 2 rings (SSSR count). The Bertz CT molecular complexity index is 652. The van der Waals surface area contributed by atoms with Crippen LogP contribution in [0.5, 0.6) is 0 Å². The highest BCUT2D eigenvalue weighted by Gasteiger charge is 2.35. The third-order valence-electron chi connectivity index (χ3n) is 3.82. The summed E-state index contributed by atoms with van der Waals surface area (Å²) in [4.78, 5) is 2.01. The Labute approximate surface area is 141 Å². The molecule has 0 bridgehead atoms. The van der Waals surface area contributed by atoms with Crippen molar-refractivity contribution in [1.29, 1.82) is 0 Å². The molecule has 124 valence electrons. The molecule has 1 aliphatic carbocycles. The van der Waals surface area contributed by atoms with Gasteiger partial charge >= 0.3 is 0 Å². The van der Waals surface area contributed by atoms with Crippen molar-refractivity contribution in [3.05, 3.63) is 33.3 Å². The van der Waals surface area contributed by atoms with E-state index in [0.29, 0.717) is 36.0 Å². The predicted molar refractivity (Wildman–Crippen MR) is 89.0 cm³/mol. The molecule has 1 aromatic rings. The Morgan fingerprint density at radius 2 is 2.09 bits per heavy atom. The van der Waals surface area contributed by atoms with Gasteiger partial charge in [0.15, 0.2) is 0 Å². The van der Waals surface area contributed by atoms with Crippen LogP contribution in [-0.2, 0) is 16.4 Å². The maximum Gasteiger partial charge on any atom is 0.208 e. The van der Waals surface area contributed by atoms with E-state index >= 15 is 0 Å². The lowest BCUT2D eigenvalue weighted by molar-refractivity contribution is 0.0760. The van der Waals surface area contributed by atoms with Gasteiger partial charge in [0.05, 0.1) is 18.4 Å². The van der Waals surface area contributed by atoms with Crippen LogP contribution in [0.2, 0.25) is 10.0 Å². The van der Waals surface area contributed by atoms with Gasteiger partial charge in [-0.05, 0) is 43.3 Å². The van der Waals surface area contributed by atoms with E-state index in [1.165, 1.54) is 0 Å². The molecule has 0 aliphatic heterocycles. The van der Waals surface area contributed by atoms with Crippen molar-refractivity contribution >= 4 is 33.2 Å². The number of rotatable bonds is 6. The minimum Gasteiger partial charge on any atom is -0.391 e. The molecule has 0 aromatic heterocycles. The summed E-state index contributed by atoms with van der Waals surface area (Å²) in [6, 6.07) is 3.35. The smallest absolute Gasteiger partial charge is 0.208 e. The molecule has 1 aliphatic rings. The zero-order valence-electron chi connectivity index (χ0n) is 12.5. The summed E-state index contributed by atoms with van der Waals surface area (Å²) in [7, 11) is -1.26. The zero-order valence-corrected chi connectivity index (χ0v) is 14.8. The molecule has 0 radical (unpaired) electrons. The van der Waals surface area contributed by atoms with E-state index in [-0.39, 0.29) is 6.04 Å². The summed E-state index contributed by atoms with van der Waals surface area (Å²) in [6.45, 7) is 1.02. The van der Waals surface area contributed by atoms with Crippen molar-refractivity contribution in [2.45, 2.75) is 25.0 Å². The van der Waals surface area contributed by atoms with E-state index in [4.69, 9.17) is 23.2 Å². The van der Waals surface area contributed by atoms with Crippen molar-refractivity contribution in [1.82, 2.24) is 9.62 Å². The number of likely N-dealkylation sites (N-methyl/N-ethyl adjacent to an activating group) is 1. The number of fused-ring (bicyclic) bond motifs is 1. The standard InChI is InChI=1S/C14H20Cl2N2O3S/c1-18(5-3-4-17-22(2,20)21)14-11-6-9(15)7-12(16)10(11)8-13(14)19/h6-7,13-14,17,19H,3-5,8H2,1-2H3/t13-,14+/m1/s1. The number of aliphatic hydroxyl groups excluding tert-OH is 1. The molecule has 0 spiro atoms. The van der Waals surface area contributed by atoms with E-state index in [0.717, 1.165) is 17.4 Å². The largest absolute Gasteiger partial charge is 0.391 e. The van der Waals surface area contributed by atoms with Gasteiger partial charge in [-0.2, -0.15) is 0 Å². The highest BCUT2D eigenvalue weighted by Crippen LogP contribution is 2.40. The number of nitrogens with zero attached hydrogens (tertiary/aromatic N) is 1. The number of aliphatic hydroxyl groups is 1. The monoisotopic (exact) mass is 366 g/mol. The van der Waals surface area contributed by atoms with Gasteiger partial charge in [0.1, 0.15) is 0 Å². The van der Waals surface area contributed by atoms with Crippen molar-refractivity contribution in [3.8, 4) is 0 Å². The predicted octanol–water partition coefficient (Wildman–Crippen LogP) is 1.82. The highest BCUT2D eigenvalue weighted by atomic mass is 35.5. The third-order valence-corrected chi connectivity index (χ3v) is 5.10. The summed E-state index contributed by atoms with van der Waals surface area (Å²) in [5.74, 6) is 0. The average molecular weight is 367 g/mol. The fourth-order valence-corrected chi connectivity index (χ4v) is 3.99. The Kier molecular flexibility index (Phi) is 5.74. The molecule has 0 unspecified atom stereocenters. The van der Waals surface area contributed by atoms with E-state index < -0.39 is 16.1 Å². The minimum absolute atomic E-state index is 0.176. The average Bonchev–Trinajstić information content (AvgIpc) is 2.70. The fraction of sp³-hybridized carbons (Fsp3) is 0.571. The first-order valence-electron chi connectivity index (χ1n) is 7.00. The molecule has 2 atom stereocenters. The molecule has 22 heavy (non-hydrogen) atoms. The number of nitrogens with one attached hydrogen (secondary N) is 1. The van der Waals surface area contributed by atoms with Gasteiger partial charge in [0.25, 0.3) is 0 Å². The molecule has 8 heteroatoms. The second kappa shape index (κ2) is 7.03. The Morgan fingerprint density at radius 3 is 2.73 bits per heavy atom. The molecule has 1 aromatic carbocycles. The molecule has 2 N–H and O–H groups in total. The molecule has 0 fully saturated rings. The first-order valence-corrected chi connectivity index (χ1v) is 9.64. The molecule has 0 heterocycles. The van der Waals surface area contributed by atoms with E-state index in [1.807, 2.05) is 18.0 Å². The van der Waals surface area contributed by atoms with E-state index in [2.05, 4.69) is 4.72 Å². The molecule has 0 saturated heterocycles. The van der Waals surface area contributed by atoms with Crippen LogP contribution in [0.25, 0.3) is 0 Å². The van der Waals surface area contributed by atoms with Crippen LogP contribution in [0.1, 0.15) is 23.6 Å². The highest BCUT2D eigenvalue weighted by molar-refractivity contribution is 7.88. The van der Waals surface area contributed by atoms with Crippen LogP contribution < -0.4 is 4.72 Å². The molecule has 0 saturated carbocycles. The lowest BCUT2D eigenvalue weighted by Crippen LogP contribution is -2.33. The topological polar surface area (TPSA) is 69.6 Å². The fourth-order valence-electron chi connectivity index (χ4n) is 2.89. The van der Waals surface area contributed by atoms with Gasteiger partial charge in [-0.3, -0.25) is 4.90 Å². The quantitative estimate of drug-likeness (QED) is 0.753. The second-order valence-electron chi connectivity index (χ2n) is 5.67. The molecule has 5 nitrogen and oxygen atoms in total. The lowest BCUT2D eigenvalue weighted by atomic mass is 10.1. The van der Waals surface area contributed by atoms with Gasteiger partial charge in [0.2, 0.25) is 10.0 Å². The van der Waals surface area contributed by atoms with Crippen LogP contribution in [0.4, 0.5) is 0 Å². The first kappa shape index (κ1) is 18.0.